The van der Waals surface area contributed by atoms with Gasteiger partial charge in [-0.05, 0) is 31.2 Å². The summed E-state index contributed by atoms with van der Waals surface area (Å²) in [6.07, 6.45) is 2.78. The minimum atomic E-state index is -1.12. The molecule has 3 aromatic rings. The maximum absolute atomic E-state index is 12.2. The van der Waals surface area contributed by atoms with E-state index in [1.165, 1.54) is 24.7 Å². The Morgan fingerprint density at radius 1 is 1.21 bits per heavy atom. The minimum absolute atomic E-state index is 0.00256. The van der Waals surface area contributed by atoms with E-state index in [0.29, 0.717) is 11.5 Å². The first-order chi connectivity index (χ1) is 13.5. The fraction of sp³-hybridized carbons (Fsp3) is 0.176. The van der Waals surface area contributed by atoms with Gasteiger partial charge in [-0.1, -0.05) is 6.07 Å². The van der Waals surface area contributed by atoms with Gasteiger partial charge in [0.2, 0.25) is 0 Å². The maximum atomic E-state index is 12.2. The van der Waals surface area contributed by atoms with Crippen LogP contribution in [0, 0.1) is 0 Å². The number of carbonyl (C=O) groups is 2. The molecule has 2 amide bonds. The number of aliphatic hydroxyl groups excluding tert-OH is 1. The van der Waals surface area contributed by atoms with Gasteiger partial charge in [-0.2, -0.15) is 0 Å². The van der Waals surface area contributed by atoms with Crippen molar-refractivity contribution < 1.29 is 19.8 Å². The third-order valence-corrected chi connectivity index (χ3v) is 3.78. The lowest BCUT2D eigenvalue weighted by molar-refractivity contribution is 0.0696. The van der Waals surface area contributed by atoms with Crippen LogP contribution in [-0.2, 0) is 0 Å². The molecule has 3 rings (SSSR count). The quantitative estimate of drug-likeness (QED) is 0.500. The molecule has 11 heteroatoms. The number of nitrogens with one attached hydrogen (secondary N) is 2. The molecule has 0 aliphatic heterocycles. The molecular formula is C17H17N7O4. The number of pyridine rings is 2. The van der Waals surface area contributed by atoms with Gasteiger partial charge in [0.05, 0.1) is 18.2 Å². The number of aliphatic hydroxyl groups is 1. The number of carbonyl (C=O) groups excluding carboxylic acids is 1. The zero-order valence-corrected chi connectivity index (χ0v) is 14.8. The van der Waals surface area contributed by atoms with Crippen molar-refractivity contribution in [2.45, 2.75) is 13.0 Å². The average molecular weight is 383 g/mol. The van der Waals surface area contributed by atoms with Crippen molar-refractivity contribution >= 4 is 23.6 Å². The number of carboxylic acid groups (broad SMARTS) is 1. The van der Waals surface area contributed by atoms with Crippen molar-refractivity contribution in [3.63, 3.8) is 0 Å². The summed E-state index contributed by atoms with van der Waals surface area (Å²) in [6, 6.07) is 6.66. The summed E-state index contributed by atoms with van der Waals surface area (Å²) >= 11 is 0. The van der Waals surface area contributed by atoms with Crippen LogP contribution in [0.15, 0.2) is 42.9 Å². The van der Waals surface area contributed by atoms with Crippen LogP contribution < -0.4 is 10.6 Å². The van der Waals surface area contributed by atoms with E-state index in [9.17, 15) is 14.7 Å². The first-order valence-corrected chi connectivity index (χ1v) is 8.23. The normalized spacial score (nSPS) is 11.6. The van der Waals surface area contributed by atoms with Gasteiger partial charge in [-0.15, -0.1) is 10.2 Å². The molecule has 3 heterocycles. The third kappa shape index (κ3) is 4.27. The van der Waals surface area contributed by atoms with E-state index in [-0.39, 0.29) is 29.8 Å². The van der Waals surface area contributed by atoms with E-state index in [1.807, 2.05) is 0 Å². The largest absolute Gasteiger partial charge is 0.478 e. The van der Waals surface area contributed by atoms with Gasteiger partial charge in [-0.3, -0.25) is 10.6 Å². The highest BCUT2D eigenvalue weighted by atomic mass is 16.4. The molecule has 0 saturated carbocycles. The van der Waals surface area contributed by atoms with Crippen LogP contribution >= 0.6 is 0 Å². The summed E-state index contributed by atoms with van der Waals surface area (Å²) in [5.41, 5.74) is 0.462. The molecule has 0 aliphatic carbocycles. The van der Waals surface area contributed by atoms with Crippen LogP contribution in [0.5, 0.6) is 0 Å². The molecular weight excluding hydrogens is 366 g/mol. The van der Waals surface area contributed by atoms with Gasteiger partial charge in [0.15, 0.2) is 5.82 Å². The Hall–Kier alpha value is -3.86. The highest BCUT2D eigenvalue weighted by Crippen LogP contribution is 2.20. The summed E-state index contributed by atoms with van der Waals surface area (Å²) in [7, 11) is 0. The van der Waals surface area contributed by atoms with E-state index in [2.05, 4.69) is 30.8 Å². The number of rotatable bonds is 6. The Morgan fingerprint density at radius 3 is 2.75 bits per heavy atom. The number of urea groups is 1. The molecule has 3 aromatic heterocycles. The summed E-state index contributed by atoms with van der Waals surface area (Å²) < 4.78 is 1.67. The molecule has 0 bridgehead atoms. The van der Waals surface area contributed by atoms with Gasteiger partial charge in [0.1, 0.15) is 23.7 Å². The number of anilines is 2. The van der Waals surface area contributed by atoms with Gasteiger partial charge >= 0.3 is 12.0 Å². The number of nitrogens with zero attached hydrogens (tertiary/aromatic N) is 5. The van der Waals surface area contributed by atoms with Crippen molar-refractivity contribution in [3.05, 3.63) is 48.4 Å². The molecule has 28 heavy (non-hydrogen) atoms. The predicted molar refractivity (Wildman–Crippen MR) is 98.9 cm³/mol. The minimum Gasteiger partial charge on any atom is -0.478 e. The molecule has 0 radical (unpaired) electrons. The molecule has 0 saturated heterocycles. The number of aromatic nitrogens is 5. The number of amides is 2. The molecule has 144 valence electrons. The number of hydrogen-bond donors (Lipinski definition) is 4. The first-order valence-electron chi connectivity index (χ1n) is 8.23. The van der Waals surface area contributed by atoms with Gasteiger partial charge in [0, 0.05) is 6.20 Å². The molecule has 0 spiro atoms. The Bertz CT molecular complexity index is 1000. The molecule has 11 nitrogen and oxygen atoms in total. The molecule has 1 atom stereocenters. The number of aromatic carboxylic acids is 1. The van der Waals surface area contributed by atoms with Gasteiger partial charge in [0.25, 0.3) is 0 Å². The highest BCUT2D eigenvalue weighted by Gasteiger charge is 2.14. The molecule has 4 N–H and O–H groups in total. The second-order valence-corrected chi connectivity index (χ2v) is 5.82. The van der Waals surface area contributed by atoms with Crippen LogP contribution in [-0.4, -0.2) is 53.6 Å². The van der Waals surface area contributed by atoms with Crippen LogP contribution in [0.3, 0.4) is 0 Å². The summed E-state index contributed by atoms with van der Waals surface area (Å²) in [5.74, 6) is -0.344. The lowest BCUT2D eigenvalue weighted by atomic mass is 10.2. The van der Waals surface area contributed by atoms with Gasteiger partial charge in [-0.25, -0.2) is 19.6 Å². The van der Waals surface area contributed by atoms with Crippen molar-refractivity contribution in [2.24, 2.45) is 0 Å². The van der Waals surface area contributed by atoms with E-state index in [0.717, 1.165) is 0 Å². The van der Waals surface area contributed by atoms with Crippen molar-refractivity contribution in [3.8, 4) is 11.5 Å². The van der Waals surface area contributed by atoms with E-state index < -0.39 is 12.0 Å². The van der Waals surface area contributed by atoms with Crippen LogP contribution in [0.1, 0.15) is 23.3 Å². The standard InChI is InChI=1S/C17H17N7O4/c1-10(8-25)24-9-19-23-15(24)12-3-2-4-13(20-12)21-17(28)22-14-7-11(16(26)27)5-6-18-14/h2-7,9-10,25H,8H2,1H3,(H,26,27)(H2,18,20,21,22,28)/t10-/m1/s1. The lowest BCUT2D eigenvalue weighted by Gasteiger charge is -2.12. The Labute approximate surface area is 159 Å². The van der Waals surface area contributed by atoms with E-state index >= 15 is 0 Å². The summed E-state index contributed by atoms with van der Waals surface area (Å²) in [5, 5.41) is 31.2. The van der Waals surface area contributed by atoms with E-state index in [4.69, 9.17) is 5.11 Å². The zero-order valence-electron chi connectivity index (χ0n) is 14.8. The lowest BCUT2D eigenvalue weighted by Crippen LogP contribution is -2.21. The van der Waals surface area contributed by atoms with Crippen LogP contribution in [0.2, 0.25) is 0 Å². The zero-order chi connectivity index (χ0) is 20.1. The van der Waals surface area contributed by atoms with Gasteiger partial charge < -0.3 is 14.8 Å². The summed E-state index contributed by atoms with van der Waals surface area (Å²) in [4.78, 5) is 31.4. The number of hydrogen-bond acceptors (Lipinski definition) is 7. The highest BCUT2D eigenvalue weighted by molar-refractivity contribution is 5.99. The van der Waals surface area contributed by atoms with Crippen molar-refractivity contribution in [1.82, 2.24) is 24.7 Å². The SMILES string of the molecule is C[C@H](CO)n1cnnc1-c1cccc(NC(=O)Nc2cc(C(=O)O)ccn2)n1. The monoisotopic (exact) mass is 383 g/mol. The van der Waals surface area contributed by atoms with E-state index in [1.54, 1.807) is 29.7 Å². The fourth-order valence-corrected chi connectivity index (χ4v) is 2.36. The number of carboxylic acids is 1. The smallest absolute Gasteiger partial charge is 0.335 e. The Kier molecular flexibility index (Phi) is 5.56. The third-order valence-electron chi connectivity index (χ3n) is 3.78. The van der Waals surface area contributed by atoms with Crippen LogP contribution in [0.25, 0.3) is 11.5 Å². The second-order valence-electron chi connectivity index (χ2n) is 5.82. The Morgan fingerprint density at radius 2 is 2.00 bits per heavy atom. The molecule has 0 fully saturated rings. The fourth-order valence-electron chi connectivity index (χ4n) is 2.36. The average Bonchev–Trinajstić information content (AvgIpc) is 3.17. The summed E-state index contributed by atoms with van der Waals surface area (Å²) in [6.45, 7) is 1.72. The maximum Gasteiger partial charge on any atom is 0.335 e. The molecule has 0 aromatic carbocycles. The molecule has 0 unspecified atom stereocenters. The van der Waals surface area contributed by atoms with Crippen molar-refractivity contribution in [2.75, 3.05) is 17.2 Å². The molecule has 0 aliphatic rings. The topological polar surface area (TPSA) is 155 Å². The second kappa shape index (κ2) is 8.22. The van der Waals surface area contributed by atoms with Crippen molar-refractivity contribution in [1.29, 1.82) is 0 Å². The van der Waals surface area contributed by atoms with Crippen LogP contribution in [0.4, 0.5) is 16.4 Å². The predicted octanol–water partition coefficient (Wildman–Crippen LogP) is 1.63. The first kappa shape index (κ1) is 18.9. The Balaban J connectivity index is 1.75.